The second kappa shape index (κ2) is 16.8. The first-order chi connectivity index (χ1) is 27.9. The number of carbonyl (C=O) groups is 4. The van der Waals surface area contributed by atoms with Crippen molar-refractivity contribution in [1.82, 2.24) is 30.2 Å². The maximum absolute atomic E-state index is 14.8. The molecule has 0 bridgehead atoms. The molecule has 3 fully saturated rings. The highest BCUT2D eigenvalue weighted by molar-refractivity contribution is 7.91. The van der Waals surface area contributed by atoms with E-state index in [4.69, 9.17) is 14.2 Å². The minimum atomic E-state index is -4.92. The Labute approximate surface area is 351 Å². The molecule has 2 aliphatic carbocycles. The molecule has 6 rings (SSSR count). The Bertz CT molecular complexity index is 2090. The summed E-state index contributed by atoms with van der Waals surface area (Å²) in [7, 11) is -4.09. The summed E-state index contributed by atoms with van der Waals surface area (Å²) in [5.74, 6) is -3.17. The maximum Gasteiger partial charge on any atom is 0.427 e. The Morgan fingerprint density at radius 2 is 1.83 bits per heavy atom. The van der Waals surface area contributed by atoms with E-state index >= 15 is 0 Å². The van der Waals surface area contributed by atoms with Gasteiger partial charge in [-0.1, -0.05) is 26.0 Å². The Balaban J connectivity index is 1.35. The smallest absolute Gasteiger partial charge is 0.427 e. The first kappa shape index (κ1) is 45.1. The molecule has 4 heterocycles. The SMILES string of the molecule is CC(C)Oc1cc(O[C@@H]2C[C@H]3C(=O)N[C@]4(C(=O)NS(=O)(=O)C5(C)CC5)C[C@H]4/C=C\CC[C@H](C)C[C@@H](C)[C@H](NC(=O)OC(C)(C)C(F)(F)F)C(=O)N3C2)cc(-c2cncs2)n1. The number of ether oxygens (including phenoxy) is 3. The highest BCUT2D eigenvalue weighted by atomic mass is 32.2. The van der Waals surface area contributed by atoms with Crippen molar-refractivity contribution in [2.75, 3.05) is 6.54 Å². The van der Waals surface area contributed by atoms with Crippen molar-refractivity contribution in [2.45, 2.75) is 140 Å². The lowest BCUT2D eigenvalue weighted by Gasteiger charge is -2.34. The molecular formula is C40H53F3N6O9S2. The van der Waals surface area contributed by atoms with E-state index in [1.165, 1.54) is 23.2 Å². The van der Waals surface area contributed by atoms with Crippen LogP contribution in [0, 0.1) is 17.8 Å². The van der Waals surface area contributed by atoms with Gasteiger partial charge in [0, 0.05) is 30.7 Å². The van der Waals surface area contributed by atoms with E-state index in [0.29, 0.717) is 57.4 Å². The van der Waals surface area contributed by atoms with E-state index in [1.54, 1.807) is 36.8 Å². The minimum absolute atomic E-state index is 0.0434. The lowest BCUT2D eigenvalue weighted by molar-refractivity contribution is -0.244. The molecule has 2 aromatic rings. The van der Waals surface area contributed by atoms with Crippen molar-refractivity contribution < 1.29 is 55.0 Å². The quantitative estimate of drug-likeness (QED) is 0.249. The van der Waals surface area contributed by atoms with Gasteiger partial charge in [0.1, 0.15) is 29.5 Å². The largest absolute Gasteiger partial charge is 0.488 e. The maximum atomic E-state index is 14.8. The molecule has 7 atom stereocenters. The van der Waals surface area contributed by atoms with Gasteiger partial charge in [0.25, 0.3) is 5.91 Å². The number of hydrogen-bond donors (Lipinski definition) is 3. The van der Waals surface area contributed by atoms with E-state index < -0.39 is 85.9 Å². The minimum Gasteiger partial charge on any atom is -0.488 e. The van der Waals surface area contributed by atoms with Crippen molar-refractivity contribution in [2.24, 2.45) is 17.8 Å². The van der Waals surface area contributed by atoms with Crippen LogP contribution in [0.3, 0.4) is 0 Å². The molecule has 0 spiro atoms. The Hall–Kier alpha value is -4.46. The topological polar surface area (TPSA) is 195 Å². The van der Waals surface area contributed by atoms with Crippen LogP contribution >= 0.6 is 11.3 Å². The number of thiazole rings is 1. The zero-order valence-electron chi connectivity index (χ0n) is 34.6. The monoisotopic (exact) mass is 882 g/mol. The van der Waals surface area contributed by atoms with Gasteiger partial charge in [-0.15, -0.1) is 11.3 Å². The molecule has 15 nitrogen and oxygen atoms in total. The highest BCUT2D eigenvalue weighted by Gasteiger charge is 2.63. The van der Waals surface area contributed by atoms with Crippen LogP contribution in [0.5, 0.6) is 11.6 Å². The molecule has 0 aromatic carbocycles. The molecule has 2 saturated carbocycles. The van der Waals surface area contributed by atoms with Gasteiger partial charge in [0.15, 0.2) is 0 Å². The number of allylic oxidation sites excluding steroid dienone is 1. The number of pyridine rings is 1. The van der Waals surface area contributed by atoms with Crippen molar-refractivity contribution in [3.8, 4) is 22.2 Å². The second-order valence-electron chi connectivity index (χ2n) is 17.5. The number of fused-ring (bicyclic) bond motifs is 2. The number of sulfonamides is 1. The number of amides is 4. The van der Waals surface area contributed by atoms with Crippen molar-refractivity contribution in [3.05, 3.63) is 36.0 Å². The van der Waals surface area contributed by atoms with E-state index in [-0.39, 0.29) is 37.3 Å². The number of hydrogen-bond acceptors (Lipinski definition) is 12. The normalized spacial score (nSPS) is 28.9. The van der Waals surface area contributed by atoms with Crippen LogP contribution in [-0.2, 0) is 29.1 Å². The van der Waals surface area contributed by atoms with Gasteiger partial charge in [-0.05, 0) is 85.0 Å². The number of halogens is 3. The van der Waals surface area contributed by atoms with Gasteiger partial charge in [0.2, 0.25) is 33.3 Å². The number of aromatic nitrogens is 2. The number of nitrogens with one attached hydrogen (secondary N) is 3. The standard InChI is InChI=1S/C40H53F3N6O9S2/c1-22(2)56-31-17-26(15-28(45-31)30-19-44-21-59-30)57-27-16-29-33(50)47-39(35(52)48-60(54,55)38(7)12-13-38)18-25(39)11-9-8-10-23(3)14-24(4)32(34(51)49(29)20-27)46-36(53)58-37(5,6)40(41,42)43/h9,11,15,17,19,21-25,27,29,32H,8,10,12-14,16,18,20H2,1-7H3,(H,46,53)(H,47,50)(H,48,52)/b11-9-/t23-,24+,25+,27+,29-,32-,39+/m0/s1. The van der Waals surface area contributed by atoms with Crippen LogP contribution in [0.1, 0.15) is 93.4 Å². The van der Waals surface area contributed by atoms with Crippen molar-refractivity contribution in [3.63, 3.8) is 0 Å². The molecule has 3 N–H and O–H groups in total. The zero-order valence-corrected chi connectivity index (χ0v) is 36.3. The lowest BCUT2D eigenvalue weighted by atomic mass is 9.88. The lowest BCUT2D eigenvalue weighted by Crippen LogP contribution is -2.59. The van der Waals surface area contributed by atoms with Crippen molar-refractivity contribution in [1.29, 1.82) is 0 Å². The van der Waals surface area contributed by atoms with E-state index in [2.05, 4.69) is 25.3 Å². The van der Waals surface area contributed by atoms with Crippen LogP contribution in [0.15, 0.2) is 36.0 Å². The van der Waals surface area contributed by atoms with Gasteiger partial charge >= 0.3 is 12.3 Å². The first-order valence-electron chi connectivity index (χ1n) is 20.1. The third kappa shape index (κ3) is 9.84. The Kier molecular flexibility index (Phi) is 12.6. The fourth-order valence-electron chi connectivity index (χ4n) is 7.56. The molecule has 4 aliphatic rings. The van der Waals surface area contributed by atoms with Crippen LogP contribution in [-0.4, -0.2) is 100 Å². The molecule has 4 amide bonds. The number of carbonyl (C=O) groups excluding carboxylic acids is 4. The van der Waals surface area contributed by atoms with Crippen molar-refractivity contribution >= 4 is 45.2 Å². The number of alkyl halides is 3. The number of nitrogens with zero attached hydrogens (tertiary/aromatic N) is 3. The average molecular weight is 883 g/mol. The number of alkyl carbamates (subject to hydrolysis) is 1. The Morgan fingerprint density at radius 3 is 2.47 bits per heavy atom. The summed E-state index contributed by atoms with van der Waals surface area (Å²) in [5.41, 5.74) is -2.41. The third-order valence-corrected chi connectivity index (χ3v) is 14.6. The van der Waals surface area contributed by atoms with Crippen LogP contribution in [0.2, 0.25) is 0 Å². The van der Waals surface area contributed by atoms with Gasteiger partial charge < -0.3 is 29.7 Å². The van der Waals surface area contributed by atoms with Gasteiger partial charge in [0.05, 0.1) is 33.5 Å². The highest BCUT2D eigenvalue weighted by Crippen LogP contribution is 2.48. The van der Waals surface area contributed by atoms with Crippen LogP contribution in [0.25, 0.3) is 10.6 Å². The van der Waals surface area contributed by atoms with E-state index in [1.807, 2.05) is 26.8 Å². The summed E-state index contributed by atoms with van der Waals surface area (Å²) >= 11 is 1.34. The predicted octanol–water partition coefficient (Wildman–Crippen LogP) is 5.66. The molecule has 1 saturated heterocycles. The molecule has 0 radical (unpaired) electrons. The summed E-state index contributed by atoms with van der Waals surface area (Å²) < 4.78 is 86.0. The van der Waals surface area contributed by atoms with Crippen LogP contribution in [0.4, 0.5) is 18.0 Å². The molecule has 2 aliphatic heterocycles. The first-order valence-corrected chi connectivity index (χ1v) is 22.5. The molecule has 330 valence electrons. The fraction of sp³-hybridized carbons (Fsp3) is 0.650. The summed E-state index contributed by atoms with van der Waals surface area (Å²) in [6, 6.07) is 0.451. The predicted molar refractivity (Wildman–Crippen MR) is 214 cm³/mol. The molecule has 60 heavy (non-hydrogen) atoms. The number of rotatable bonds is 10. The summed E-state index contributed by atoms with van der Waals surface area (Å²) in [4.78, 5) is 67.1. The zero-order chi connectivity index (χ0) is 44.0. The van der Waals surface area contributed by atoms with E-state index in [0.717, 1.165) is 4.88 Å². The summed E-state index contributed by atoms with van der Waals surface area (Å²) in [6.45, 7) is 9.99. The fourth-order valence-corrected chi connectivity index (χ4v) is 9.45. The third-order valence-electron chi connectivity index (χ3n) is 11.7. The van der Waals surface area contributed by atoms with Gasteiger partial charge in [-0.2, -0.15) is 13.2 Å². The van der Waals surface area contributed by atoms with E-state index in [9.17, 15) is 40.8 Å². The average Bonchev–Trinajstić information content (AvgIpc) is 3.88. The van der Waals surface area contributed by atoms with Gasteiger partial charge in [-0.25, -0.2) is 18.2 Å². The Morgan fingerprint density at radius 1 is 1.12 bits per heavy atom. The molecule has 20 heteroatoms. The summed E-state index contributed by atoms with van der Waals surface area (Å²) in [5, 5.41) is 5.19. The molecule has 0 unspecified atom stereocenters. The molecule has 2 aromatic heterocycles. The summed E-state index contributed by atoms with van der Waals surface area (Å²) in [6.07, 6.45) is 0.0101. The molecular weight excluding hydrogens is 830 g/mol. The van der Waals surface area contributed by atoms with Gasteiger partial charge in [-0.3, -0.25) is 24.1 Å². The van der Waals surface area contributed by atoms with Crippen LogP contribution < -0.4 is 24.8 Å². The second-order valence-corrected chi connectivity index (χ2v) is 20.6.